The van der Waals surface area contributed by atoms with Gasteiger partial charge in [0.05, 0.1) is 18.4 Å². The molecule has 0 unspecified atom stereocenters. The maximum absolute atomic E-state index is 13.1. The number of ether oxygens (including phenoxy) is 2. The van der Waals surface area contributed by atoms with E-state index in [-0.39, 0.29) is 0 Å². The fourth-order valence-corrected chi connectivity index (χ4v) is 4.82. The van der Waals surface area contributed by atoms with Crippen LogP contribution in [0.3, 0.4) is 0 Å². The van der Waals surface area contributed by atoms with Crippen molar-refractivity contribution >= 4 is 22.9 Å². The Labute approximate surface area is 219 Å². The van der Waals surface area contributed by atoms with E-state index >= 15 is 0 Å². The number of carbonyl (C=O) groups excluding carboxylic acids is 1. The maximum Gasteiger partial charge on any atom is 0.416 e. The third kappa shape index (κ3) is 7.69. The maximum atomic E-state index is 13.1. The molecule has 0 aliphatic heterocycles. The second kappa shape index (κ2) is 12.9. The molecule has 2 aromatic carbocycles. The number of thiazole rings is 1. The van der Waals surface area contributed by atoms with Crippen LogP contribution in [0.1, 0.15) is 47.6 Å². The lowest BCUT2D eigenvalue weighted by atomic mass is 10.1. The molecule has 0 atom stereocenters. The molecule has 200 valence electrons. The van der Waals surface area contributed by atoms with Crippen molar-refractivity contribution in [3.05, 3.63) is 58.6 Å². The van der Waals surface area contributed by atoms with Gasteiger partial charge in [-0.05, 0) is 57.1 Å². The highest BCUT2D eigenvalue weighted by molar-refractivity contribution is 7.17. The van der Waals surface area contributed by atoms with Crippen LogP contribution in [0, 0.1) is 6.92 Å². The average Bonchev–Trinajstić information content (AvgIpc) is 3.26. The summed E-state index contributed by atoms with van der Waals surface area (Å²) in [4.78, 5) is 20.0. The summed E-state index contributed by atoms with van der Waals surface area (Å²) >= 11 is 1.05. The van der Waals surface area contributed by atoms with Crippen molar-refractivity contribution in [1.29, 1.82) is 0 Å². The standard InChI is InChI=1S/C27H32F3N3O3S/c1-5-12-33(13-6-2)14-15-36-23-17-21(10-11-22(23)35-4)32-25(34)24-18(3)31-26(37-24)19-8-7-9-20(16-19)27(28,29)30/h7-11,16-17H,5-6,12-15H2,1-4H3,(H,32,34). The van der Waals surface area contributed by atoms with Crippen LogP contribution in [0.4, 0.5) is 18.9 Å². The number of rotatable bonds is 12. The molecule has 10 heteroatoms. The molecule has 3 rings (SSSR count). The molecule has 0 radical (unpaired) electrons. The third-order valence-electron chi connectivity index (χ3n) is 5.61. The number of nitrogens with one attached hydrogen (secondary N) is 1. The molecule has 0 saturated carbocycles. The predicted molar refractivity (Wildman–Crippen MR) is 141 cm³/mol. The van der Waals surface area contributed by atoms with E-state index in [1.807, 2.05) is 0 Å². The Balaban J connectivity index is 1.73. The van der Waals surface area contributed by atoms with Gasteiger partial charge >= 0.3 is 6.18 Å². The number of benzene rings is 2. The van der Waals surface area contributed by atoms with E-state index in [0.29, 0.717) is 44.9 Å². The van der Waals surface area contributed by atoms with Crippen LogP contribution in [0.2, 0.25) is 0 Å². The molecule has 0 aliphatic rings. The van der Waals surface area contributed by atoms with Crippen LogP contribution in [-0.2, 0) is 6.18 Å². The summed E-state index contributed by atoms with van der Waals surface area (Å²) in [6, 6.07) is 10.0. The summed E-state index contributed by atoms with van der Waals surface area (Å²) < 4.78 is 50.7. The van der Waals surface area contributed by atoms with Gasteiger partial charge in [0.25, 0.3) is 5.91 Å². The Hall–Kier alpha value is -3.11. The summed E-state index contributed by atoms with van der Waals surface area (Å²) in [5.41, 5.74) is 0.490. The molecule has 0 spiro atoms. The van der Waals surface area contributed by atoms with Crippen molar-refractivity contribution < 1.29 is 27.4 Å². The molecular weight excluding hydrogens is 503 g/mol. The average molecular weight is 536 g/mol. The summed E-state index contributed by atoms with van der Waals surface area (Å²) in [5, 5.41) is 3.18. The number of amides is 1. The van der Waals surface area contributed by atoms with Crippen LogP contribution in [0.5, 0.6) is 11.5 Å². The van der Waals surface area contributed by atoms with Gasteiger partial charge in [0.2, 0.25) is 0 Å². The van der Waals surface area contributed by atoms with Crippen molar-refractivity contribution in [3.8, 4) is 22.1 Å². The van der Waals surface area contributed by atoms with Crippen molar-refractivity contribution in [1.82, 2.24) is 9.88 Å². The first-order chi connectivity index (χ1) is 17.7. The molecule has 1 aromatic heterocycles. The smallest absolute Gasteiger partial charge is 0.416 e. The first-order valence-corrected chi connectivity index (χ1v) is 13.0. The van der Waals surface area contributed by atoms with Crippen molar-refractivity contribution in [2.45, 2.75) is 39.8 Å². The number of nitrogens with zero attached hydrogens (tertiary/aromatic N) is 2. The second-order valence-electron chi connectivity index (χ2n) is 8.52. The number of methoxy groups -OCH3 is 1. The molecule has 6 nitrogen and oxygen atoms in total. The summed E-state index contributed by atoms with van der Waals surface area (Å²) in [6.07, 6.45) is -2.32. The van der Waals surface area contributed by atoms with Crippen LogP contribution < -0.4 is 14.8 Å². The molecule has 1 heterocycles. The molecule has 0 fully saturated rings. The van der Waals surface area contributed by atoms with Crippen LogP contribution in [0.25, 0.3) is 10.6 Å². The Morgan fingerprint density at radius 3 is 2.43 bits per heavy atom. The molecule has 0 bridgehead atoms. The van der Waals surface area contributed by atoms with Gasteiger partial charge in [0.1, 0.15) is 16.5 Å². The first-order valence-electron chi connectivity index (χ1n) is 12.2. The van der Waals surface area contributed by atoms with Crippen LogP contribution >= 0.6 is 11.3 Å². The number of hydrogen-bond acceptors (Lipinski definition) is 6. The lowest BCUT2D eigenvalue weighted by molar-refractivity contribution is -0.137. The highest BCUT2D eigenvalue weighted by Gasteiger charge is 2.31. The van der Waals surface area contributed by atoms with Gasteiger partial charge in [-0.3, -0.25) is 9.69 Å². The Morgan fingerprint density at radius 1 is 1.05 bits per heavy atom. The van der Waals surface area contributed by atoms with E-state index in [2.05, 4.69) is 29.0 Å². The number of carbonyl (C=O) groups is 1. The van der Waals surface area contributed by atoms with Crippen LogP contribution in [0.15, 0.2) is 42.5 Å². The number of anilines is 1. The molecular formula is C27H32F3N3O3S. The third-order valence-corrected chi connectivity index (χ3v) is 6.81. The Kier molecular flexibility index (Phi) is 9.93. The van der Waals surface area contributed by atoms with E-state index in [0.717, 1.165) is 55.9 Å². The largest absolute Gasteiger partial charge is 0.493 e. The van der Waals surface area contributed by atoms with E-state index in [1.54, 1.807) is 38.3 Å². The normalized spacial score (nSPS) is 11.6. The van der Waals surface area contributed by atoms with Gasteiger partial charge < -0.3 is 14.8 Å². The number of halogens is 3. The Morgan fingerprint density at radius 2 is 1.78 bits per heavy atom. The van der Waals surface area contributed by atoms with Crippen molar-refractivity contribution in [3.63, 3.8) is 0 Å². The first kappa shape index (κ1) is 28.5. The second-order valence-corrected chi connectivity index (χ2v) is 9.52. The molecule has 3 aromatic rings. The van der Waals surface area contributed by atoms with Gasteiger partial charge in [0.15, 0.2) is 11.5 Å². The SMILES string of the molecule is CCCN(CCC)CCOc1cc(NC(=O)c2sc(-c3cccc(C(F)(F)F)c3)nc2C)ccc1OC. The zero-order valence-electron chi connectivity index (χ0n) is 21.4. The summed E-state index contributed by atoms with van der Waals surface area (Å²) in [6.45, 7) is 9.20. The number of aromatic nitrogens is 1. The minimum atomic E-state index is -4.46. The van der Waals surface area contributed by atoms with Crippen molar-refractivity contribution in [2.75, 3.05) is 38.7 Å². The lowest BCUT2D eigenvalue weighted by Gasteiger charge is -2.21. The fraction of sp³-hybridized carbons (Fsp3) is 0.407. The number of alkyl halides is 3. The quantitative estimate of drug-likeness (QED) is 0.273. The molecule has 1 N–H and O–H groups in total. The fourth-order valence-electron chi connectivity index (χ4n) is 3.87. The molecule has 0 aliphatic carbocycles. The minimum absolute atomic E-state index is 0.308. The van der Waals surface area contributed by atoms with Gasteiger partial charge in [-0.2, -0.15) is 13.2 Å². The highest BCUT2D eigenvalue weighted by Crippen LogP contribution is 2.35. The molecule has 0 saturated heterocycles. The number of hydrogen-bond donors (Lipinski definition) is 1. The molecule has 37 heavy (non-hydrogen) atoms. The van der Waals surface area contributed by atoms with E-state index in [4.69, 9.17) is 9.47 Å². The van der Waals surface area contributed by atoms with E-state index in [9.17, 15) is 18.0 Å². The number of aryl methyl sites for hydroxylation is 1. The van der Waals surface area contributed by atoms with Gasteiger partial charge in [-0.1, -0.05) is 26.0 Å². The van der Waals surface area contributed by atoms with Gasteiger partial charge in [-0.15, -0.1) is 11.3 Å². The van der Waals surface area contributed by atoms with Gasteiger partial charge in [-0.25, -0.2) is 4.98 Å². The van der Waals surface area contributed by atoms with E-state index < -0.39 is 17.6 Å². The highest BCUT2D eigenvalue weighted by atomic mass is 32.1. The zero-order valence-corrected chi connectivity index (χ0v) is 22.3. The Bertz CT molecular complexity index is 1190. The van der Waals surface area contributed by atoms with E-state index in [1.165, 1.54) is 6.07 Å². The zero-order chi connectivity index (χ0) is 27.0. The predicted octanol–water partition coefficient (Wildman–Crippen LogP) is 6.90. The van der Waals surface area contributed by atoms with Crippen molar-refractivity contribution in [2.24, 2.45) is 0 Å². The minimum Gasteiger partial charge on any atom is -0.493 e. The van der Waals surface area contributed by atoms with Crippen LogP contribution in [-0.4, -0.2) is 49.1 Å². The molecule has 1 amide bonds. The monoisotopic (exact) mass is 535 g/mol. The van der Waals surface area contributed by atoms with Gasteiger partial charge in [0, 0.05) is 23.9 Å². The summed E-state index contributed by atoms with van der Waals surface area (Å²) in [7, 11) is 1.55. The topological polar surface area (TPSA) is 63.7 Å². The lowest BCUT2D eigenvalue weighted by Crippen LogP contribution is -2.30. The summed E-state index contributed by atoms with van der Waals surface area (Å²) in [5.74, 6) is 0.664.